The van der Waals surface area contributed by atoms with E-state index in [9.17, 15) is 8.78 Å². The molecule has 2 atom stereocenters. The van der Waals surface area contributed by atoms with Gasteiger partial charge in [0.2, 0.25) is 0 Å². The third-order valence-electron chi connectivity index (χ3n) is 3.05. The van der Waals surface area contributed by atoms with E-state index in [4.69, 9.17) is 10.5 Å². The Labute approximate surface area is 111 Å². The predicted octanol–water partition coefficient (Wildman–Crippen LogP) is 3.01. The Morgan fingerprint density at radius 2 is 2.17 bits per heavy atom. The van der Waals surface area contributed by atoms with E-state index < -0.39 is 11.6 Å². The molecule has 0 bridgehead atoms. The highest BCUT2D eigenvalue weighted by Crippen LogP contribution is 2.50. The summed E-state index contributed by atoms with van der Waals surface area (Å²) < 4.78 is 32.3. The third kappa shape index (κ3) is 2.82. The lowest BCUT2D eigenvalue weighted by molar-refractivity contribution is 0.352. The van der Waals surface area contributed by atoms with Gasteiger partial charge in [0, 0.05) is 5.56 Å². The van der Waals surface area contributed by atoms with Crippen LogP contribution >= 0.6 is 12.4 Å². The Bertz CT molecular complexity index is 439. The molecule has 2 unspecified atom stereocenters. The van der Waals surface area contributed by atoms with Crippen molar-refractivity contribution >= 4 is 12.4 Å². The van der Waals surface area contributed by atoms with E-state index in [1.165, 1.54) is 6.07 Å². The molecule has 0 amide bonds. The van der Waals surface area contributed by atoms with Crippen molar-refractivity contribution in [1.29, 1.82) is 0 Å². The van der Waals surface area contributed by atoms with E-state index in [-0.39, 0.29) is 30.8 Å². The van der Waals surface area contributed by atoms with Crippen LogP contribution in [-0.4, -0.2) is 13.2 Å². The Morgan fingerprint density at radius 3 is 2.72 bits per heavy atom. The molecule has 18 heavy (non-hydrogen) atoms. The van der Waals surface area contributed by atoms with Gasteiger partial charge in [0.05, 0.1) is 0 Å². The van der Waals surface area contributed by atoms with Crippen molar-refractivity contribution in [3.8, 4) is 5.75 Å². The molecule has 0 spiro atoms. The summed E-state index contributed by atoms with van der Waals surface area (Å²) in [5, 5.41) is 0. The molecule has 1 fully saturated rings. The van der Waals surface area contributed by atoms with Crippen molar-refractivity contribution in [1.82, 2.24) is 0 Å². The maximum atomic E-state index is 13.8. The number of hydrogen-bond acceptors (Lipinski definition) is 2. The zero-order valence-electron chi connectivity index (χ0n) is 9.86. The molecule has 1 aromatic rings. The molecular weight excluding hydrogens is 260 g/mol. The van der Waals surface area contributed by atoms with Crippen molar-refractivity contribution in [2.45, 2.75) is 12.3 Å². The van der Waals surface area contributed by atoms with E-state index in [1.807, 2.05) is 0 Å². The molecule has 0 aromatic heterocycles. The van der Waals surface area contributed by atoms with Crippen LogP contribution in [0.15, 0.2) is 24.8 Å². The van der Waals surface area contributed by atoms with Gasteiger partial charge in [-0.15, -0.1) is 12.4 Å². The fraction of sp³-hybridized carbons (Fsp3) is 0.385. The average molecular weight is 276 g/mol. The Kier molecular flexibility index (Phi) is 5.11. The molecule has 1 aliphatic rings. The standard InChI is InChI=1S/C13H15F2NO.ClH/c1-2-5-17-11-4-3-10(14)13(15)12(11)9-6-8(9)7-16;/h2-4,8-9H,1,5-7,16H2;1H. The molecule has 1 saturated carbocycles. The normalized spacial score (nSPS) is 21.1. The zero-order valence-corrected chi connectivity index (χ0v) is 10.7. The highest BCUT2D eigenvalue weighted by atomic mass is 35.5. The molecule has 0 aliphatic heterocycles. The van der Waals surface area contributed by atoms with Crippen LogP contribution in [0.25, 0.3) is 0 Å². The summed E-state index contributed by atoms with van der Waals surface area (Å²) >= 11 is 0. The van der Waals surface area contributed by atoms with Crippen LogP contribution in [0.2, 0.25) is 0 Å². The summed E-state index contributed by atoms with van der Waals surface area (Å²) in [5.41, 5.74) is 5.85. The zero-order chi connectivity index (χ0) is 12.4. The van der Waals surface area contributed by atoms with E-state index in [2.05, 4.69) is 6.58 Å². The molecule has 2 rings (SSSR count). The first kappa shape index (κ1) is 14.9. The van der Waals surface area contributed by atoms with Crippen LogP contribution in [0.5, 0.6) is 5.75 Å². The SMILES string of the molecule is C=CCOc1ccc(F)c(F)c1C1CC1CN.Cl. The molecule has 5 heteroatoms. The Balaban J connectivity index is 0.00000162. The van der Waals surface area contributed by atoms with Gasteiger partial charge in [0.1, 0.15) is 12.4 Å². The summed E-state index contributed by atoms with van der Waals surface area (Å²) in [6.45, 7) is 4.29. The maximum Gasteiger partial charge on any atom is 0.165 e. The van der Waals surface area contributed by atoms with E-state index in [0.717, 1.165) is 12.5 Å². The Hall–Kier alpha value is -1.13. The first-order valence-corrected chi connectivity index (χ1v) is 5.60. The fourth-order valence-electron chi connectivity index (χ4n) is 2.03. The lowest BCUT2D eigenvalue weighted by Crippen LogP contribution is -2.05. The molecule has 2 nitrogen and oxygen atoms in total. The van der Waals surface area contributed by atoms with Crippen molar-refractivity contribution in [3.05, 3.63) is 42.0 Å². The number of halogens is 3. The fourth-order valence-corrected chi connectivity index (χ4v) is 2.03. The predicted molar refractivity (Wildman–Crippen MR) is 69.2 cm³/mol. The second-order valence-corrected chi connectivity index (χ2v) is 4.21. The van der Waals surface area contributed by atoms with Crippen LogP contribution in [0.3, 0.4) is 0 Å². The van der Waals surface area contributed by atoms with E-state index >= 15 is 0 Å². The minimum Gasteiger partial charge on any atom is -0.489 e. The highest BCUT2D eigenvalue weighted by Gasteiger charge is 2.41. The lowest BCUT2D eigenvalue weighted by atomic mass is 10.1. The smallest absolute Gasteiger partial charge is 0.165 e. The van der Waals surface area contributed by atoms with Crippen molar-refractivity contribution < 1.29 is 13.5 Å². The van der Waals surface area contributed by atoms with Gasteiger partial charge >= 0.3 is 0 Å². The first-order chi connectivity index (χ1) is 8.19. The molecule has 0 saturated heterocycles. The minimum atomic E-state index is -0.839. The lowest BCUT2D eigenvalue weighted by Gasteiger charge is -2.11. The van der Waals surface area contributed by atoms with Crippen LogP contribution in [0.4, 0.5) is 8.78 Å². The van der Waals surface area contributed by atoms with Gasteiger partial charge in [0.15, 0.2) is 11.6 Å². The highest BCUT2D eigenvalue weighted by molar-refractivity contribution is 5.85. The van der Waals surface area contributed by atoms with Crippen LogP contribution in [0, 0.1) is 17.6 Å². The number of nitrogens with two attached hydrogens (primary N) is 1. The number of ether oxygens (including phenoxy) is 1. The molecule has 1 aliphatic carbocycles. The summed E-state index contributed by atoms with van der Waals surface area (Å²) in [4.78, 5) is 0. The minimum absolute atomic E-state index is 0. The summed E-state index contributed by atoms with van der Waals surface area (Å²) in [6.07, 6.45) is 2.36. The molecule has 1 aromatic carbocycles. The monoisotopic (exact) mass is 275 g/mol. The van der Waals surface area contributed by atoms with Gasteiger partial charge in [0.25, 0.3) is 0 Å². The average Bonchev–Trinajstić information content (AvgIpc) is 3.09. The van der Waals surface area contributed by atoms with E-state index in [0.29, 0.717) is 17.9 Å². The largest absolute Gasteiger partial charge is 0.489 e. The van der Waals surface area contributed by atoms with Crippen molar-refractivity contribution in [3.63, 3.8) is 0 Å². The number of rotatable bonds is 5. The molecular formula is C13H16ClF2NO. The summed E-state index contributed by atoms with van der Waals surface area (Å²) in [6, 6.07) is 2.54. The van der Waals surface area contributed by atoms with E-state index in [1.54, 1.807) is 6.08 Å². The molecule has 2 N–H and O–H groups in total. The van der Waals surface area contributed by atoms with Crippen molar-refractivity contribution in [2.24, 2.45) is 11.7 Å². The molecule has 0 heterocycles. The van der Waals surface area contributed by atoms with Gasteiger partial charge < -0.3 is 10.5 Å². The maximum absolute atomic E-state index is 13.8. The Morgan fingerprint density at radius 1 is 1.44 bits per heavy atom. The number of hydrogen-bond donors (Lipinski definition) is 1. The quantitative estimate of drug-likeness (QED) is 0.839. The topological polar surface area (TPSA) is 35.2 Å². The van der Waals surface area contributed by atoms with Gasteiger partial charge in [-0.25, -0.2) is 8.78 Å². The molecule has 0 radical (unpaired) electrons. The van der Waals surface area contributed by atoms with Gasteiger partial charge in [-0.1, -0.05) is 12.7 Å². The van der Waals surface area contributed by atoms with Crippen LogP contribution in [-0.2, 0) is 0 Å². The number of benzene rings is 1. The van der Waals surface area contributed by atoms with Gasteiger partial charge in [-0.3, -0.25) is 0 Å². The van der Waals surface area contributed by atoms with Crippen LogP contribution in [0.1, 0.15) is 17.9 Å². The van der Waals surface area contributed by atoms with Gasteiger partial charge in [-0.2, -0.15) is 0 Å². The third-order valence-corrected chi connectivity index (χ3v) is 3.05. The first-order valence-electron chi connectivity index (χ1n) is 5.60. The van der Waals surface area contributed by atoms with Gasteiger partial charge in [-0.05, 0) is 36.9 Å². The van der Waals surface area contributed by atoms with Crippen molar-refractivity contribution in [2.75, 3.05) is 13.2 Å². The second kappa shape index (κ2) is 6.16. The summed E-state index contributed by atoms with van der Waals surface area (Å²) in [7, 11) is 0. The second-order valence-electron chi connectivity index (χ2n) is 4.21. The van der Waals surface area contributed by atoms with Crippen LogP contribution < -0.4 is 10.5 Å². The summed E-state index contributed by atoms with van der Waals surface area (Å²) in [5.74, 6) is -1.04. The molecule has 100 valence electrons.